The minimum absolute atomic E-state index is 0.229. The van der Waals surface area contributed by atoms with Gasteiger partial charge in [0, 0.05) is 35.9 Å². The van der Waals surface area contributed by atoms with Crippen LogP contribution in [0.5, 0.6) is 0 Å². The molecule has 29 heavy (non-hydrogen) atoms. The number of aromatic amines is 1. The maximum Gasteiger partial charge on any atom is 0.272 e. The second-order valence-electron chi connectivity index (χ2n) is 7.84. The number of carbonyl (C=O) groups excluding carboxylic acids is 1. The van der Waals surface area contributed by atoms with E-state index in [1.807, 2.05) is 21.0 Å². The second kappa shape index (κ2) is 7.48. The van der Waals surface area contributed by atoms with Crippen LogP contribution in [-0.4, -0.2) is 49.0 Å². The van der Waals surface area contributed by atoms with Crippen LogP contribution in [0.3, 0.4) is 0 Å². The number of nitrogens with one attached hydrogen (secondary N) is 2. The molecule has 1 aliphatic rings. The van der Waals surface area contributed by atoms with Gasteiger partial charge in [-0.25, -0.2) is 8.78 Å². The molecule has 7 heteroatoms. The van der Waals surface area contributed by atoms with Crippen molar-refractivity contribution < 1.29 is 13.6 Å². The van der Waals surface area contributed by atoms with Crippen LogP contribution in [0.2, 0.25) is 0 Å². The maximum atomic E-state index is 14.2. The molecule has 0 saturated carbocycles. The van der Waals surface area contributed by atoms with Crippen LogP contribution >= 0.6 is 0 Å². The van der Waals surface area contributed by atoms with Crippen molar-refractivity contribution >= 4 is 28.2 Å². The predicted molar refractivity (Wildman–Crippen MR) is 112 cm³/mol. The van der Waals surface area contributed by atoms with Crippen LogP contribution in [0.25, 0.3) is 10.9 Å². The number of rotatable bonds is 4. The lowest BCUT2D eigenvalue weighted by molar-refractivity contribution is 0.102. The average Bonchev–Trinajstić information content (AvgIpc) is 3.32. The first-order valence-corrected chi connectivity index (χ1v) is 9.63. The third-order valence-electron chi connectivity index (χ3n) is 5.59. The highest BCUT2D eigenvalue weighted by molar-refractivity contribution is 6.06. The number of hydrogen-bond acceptors (Lipinski definition) is 3. The van der Waals surface area contributed by atoms with E-state index in [0.717, 1.165) is 30.8 Å². The summed E-state index contributed by atoms with van der Waals surface area (Å²) in [7, 11) is 4.08. The number of likely N-dealkylation sites (N-methyl/N-ethyl adjacent to an activating group) is 1. The third kappa shape index (κ3) is 3.82. The number of aryl methyl sites for hydroxylation is 1. The number of anilines is 2. The molecule has 1 aliphatic heterocycles. The number of halogens is 2. The normalized spacial score (nSPS) is 16.8. The Labute approximate surface area is 168 Å². The Morgan fingerprint density at radius 3 is 2.69 bits per heavy atom. The van der Waals surface area contributed by atoms with Gasteiger partial charge in [0.1, 0.15) is 17.3 Å². The molecule has 0 spiro atoms. The van der Waals surface area contributed by atoms with Gasteiger partial charge >= 0.3 is 0 Å². The lowest BCUT2D eigenvalue weighted by Crippen LogP contribution is -2.31. The van der Waals surface area contributed by atoms with Crippen molar-refractivity contribution in [2.45, 2.75) is 19.4 Å². The van der Waals surface area contributed by atoms with E-state index in [2.05, 4.69) is 20.1 Å². The van der Waals surface area contributed by atoms with Crippen molar-refractivity contribution in [3.8, 4) is 0 Å². The Bertz CT molecular complexity index is 1040. The van der Waals surface area contributed by atoms with Crippen molar-refractivity contribution in [3.63, 3.8) is 0 Å². The molecule has 1 amide bonds. The summed E-state index contributed by atoms with van der Waals surface area (Å²) in [6.07, 6.45) is 1.01. The third-order valence-corrected chi connectivity index (χ3v) is 5.59. The highest BCUT2D eigenvalue weighted by atomic mass is 19.1. The van der Waals surface area contributed by atoms with Gasteiger partial charge in [0.2, 0.25) is 0 Å². The molecule has 1 aromatic heterocycles. The largest absolute Gasteiger partial charge is 0.370 e. The minimum atomic E-state index is -0.441. The summed E-state index contributed by atoms with van der Waals surface area (Å²) in [6, 6.07) is 9.48. The number of nitrogens with zero attached hydrogens (tertiary/aromatic N) is 2. The SMILES string of the molecule is Cc1ccc(F)c2cc(C(=O)Nc3cc(F)cc(N4CCC(N(C)C)C4)c3)[nH]c12. The van der Waals surface area contributed by atoms with Gasteiger partial charge in [-0.3, -0.25) is 4.79 Å². The Kier molecular flexibility index (Phi) is 5.00. The number of fused-ring (bicyclic) bond motifs is 1. The molecule has 0 radical (unpaired) electrons. The van der Waals surface area contributed by atoms with E-state index < -0.39 is 17.5 Å². The number of H-pyrrole nitrogens is 1. The summed E-state index contributed by atoms with van der Waals surface area (Å²) in [6.45, 7) is 3.49. The van der Waals surface area contributed by atoms with Crippen molar-refractivity contribution in [2.24, 2.45) is 0 Å². The van der Waals surface area contributed by atoms with E-state index in [9.17, 15) is 13.6 Å². The number of amides is 1. The monoisotopic (exact) mass is 398 g/mol. The highest BCUT2D eigenvalue weighted by Crippen LogP contribution is 2.27. The molecule has 2 aromatic carbocycles. The molecule has 2 heterocycles. The first-order valence-electron chi connectivity index (χ1n) is 9.63. The topological polar surface area (TPSA) is 51.4 Å². The summed E-state index contributed by atoms with van der Waals surface area (Å²) in [5.41, 5.74) is 2.77. The van der Waals surface area contributed by atoms with Gasteiger partial charge in [0.05, 0.1) is 5.52 Å². The fourth-order valence-corrected chi connectivity index (χ4v) is 3.87. The Morgan fingerprint density at radius 1 is 1.21 bits per heavy atom. The van der Waals surface area contributed by atoms with Crippen LogP contribution in [0.4, 0.5) is 20.2 Å². The quantitative estimate of drug-likeness (QED) is 0.694. The lowest BCUT2D eigenvalue weighted by atomic mass is 10.1. The molecular formula is C22H24F2N4O. The zero-order valence-corrected chi connectivity index (χ0v) is 16.7. The Hall–Kier alpha value is -2.93. The molecule has 1 fully saturated rings. The average molecular weight is 398 g/mol. The molecule has 4 rings (SSSR count). The van der Waals surface area contributed by atoms with Gasteiger partial charge in [-0.15, -0.1) is 0 Å². The van der Waals surface area contributed by atoms with Gasteiger partial charge in [-0.2, -0.15) is 0 Å². The van der Waals surface area contributed by atoms with E-state index in [1.54, 1.807) is 12.1 Å². The molecule has 3 aromatic rings. The van der Waals surface area contributed by atoms with Gasteiger partial charge in [-0.1, -0.05) is 6.07 Å². The molecule has 1 unspecified atom stereocenters. The molecular weight excluding hydrogens is 374 g/mol. The van der Waals surface area contributed by atoms with Gasteiger partial charge in [0.15, 0.2) is 0 Å². The van der Waals surface area contributed by atoms with Crippen molar-refractivity contribution in [2.75, 3.05) is 37.4 Å². The summed E-state index contributed by atoms with van der Waals surface area (Å²) >= 11 is 0. The van der Waals surface area contributed by atoms with Crippen molar-refractivity contribution in [1.29, 1.82) is 0 Å². The van der Waals surface area contributed by atoms with E-state index in [4.69, 9.17) is 0 Å². The molecule has 1 atom stereocenters. The Morgan fingerprint density at radius 2 is 2.00 bits per heavy atom. The van der Waals surface area contributed by atoms with Crippen LogP contribution in [0.15, 0.2) is 36.4 Å². The van der Waals surface area contributed by atoms with E-state index in [1.165, 1.54) is 24.3 Å². The highest BCUT2D eigenvalue weighted by Gasteiger charge is 2.25. The number of aromatic nitrogens is 1. The summed E-state index contributed by atoms with van der Waals surface area (Å²) in [4.78, 5) is 19.9. The fraction of sp³-hybridized carbons (Fsp3) is 0.318. The van der Waals surface area contributed by atoms with Gasteiger partial charge < -0.3 is 20.1 Å². The smallest absolute Gasteiger partial charge is 0.272 e. The number of carbonyl (C=O) groups is 1. The number of benzene rings is 2. The van der Waals surface area contributed by atoms with Crippen LogP contribution < -0.4 is 10.2 Å². The van der Waals surface area contributed by atoms with E-state index in [-0.39, 0.29) is 5.69 Å². The first kappa shape index (κ1) is 19.4. The molecule has 2 N–H and O–H groups in total. The molecule has 1 saturated heterocycles. The Balaban J connectivity index is 1.57. The summed E-state index contributed by atoms with van der Waals surface area (Å²) in [5.74, 6) is -1.24. The predicted octanol–water partition coefficient (Wildman–Crippen LogP) is 4.15. The van der Waals surface area contributed by atoms with E-state index >= 15 is 0 Å². The van der Waals surface area contributed by atoms with Crippen LogP contribution in [0.1, 0.15) is 22.5 Å². The first-order chi connectivity index (χ1) is 13.8. The number of hydrogen-bond donors (Lipinski definition) is 2. The molecule has 0 aliphatic carbocycles. The molecule has 5 nitrogen and oxygen atoms in total. The zero-order chi connectivity index (χ0) is 20.7. The molecule has 0 bridgehead atoms. The molecule has 152 valence electrons. The van der Waals surface area contributed by atoms with Gasteiger partial charge in [0.25, 0.3) is 5.91 Å². The lowest BCUT2D eigenvalue weighted by Gasteiger charge is -2.22. The summed E-state index contributed by atoms with van der Waals surface area (Å²) < 4.78 is 28.2. The van der Waals surface area contributed by atoms with E-state index in [0.29, 0.717) is 22.6 Å². The van der Waals surface area contributed by atoms with Gasteiger partial charge in [-0.05, 0) is 63.3 Å². The summed E-state index contributed by atoms with van der Waals surface area (Å²) in [5, 5.41) is 3.09. The zero-order valence-electron chi connectivity index (χ0n) is 16.7. The minimum Gasteiger partial charge on any atom is -0.370 e. The fourth-order valence-electron chi connectivity index (χ4n) is 3.87. The maximum absolute atomic E-state index is 14.2. The standard InChI is InChI=1S/C22H24F2N4O/c1-13-4-5-19(24)18-11-20(26-21(13)18)22(29)25-15-8-14(23)9-17(10-15)28-7-6-16(12-28)27(2)3/h4-5,8-11,16,26H,6-7,12H2,1-3H3,(H,25,29). The van der Waals surface area contributed by atoms with Crippen molar-refractivity contribution in [3.05, 3.63) is 59.3 Å². The second-order valence-corrected chi connectivity index (χ2v) is 7.84. The van der Waals surface area contributed by atoms with Crippen LogP contribution in [0, 0.1) is 18.6 Å². The van der Waals surface area contributed by atoms with Crippen LogP contribution in [-0.2, 0) is 0 Å². The van der Waals surface area contributed by atoms with Crippen molar-refractivity contribution in [1.82, 2.24) is 9.88 Å².